The molecule has 1 nitrogen and oxygen atoms in total. The summed E-state index contributed by atoms with van der Waals surface area (Å²) < 4.78 is 0. The van der Waals surface area contributed by atoms with Gasteiger partial charge in [0.15, 0.2) is 0 Å². The first kappa shape index (κ1) is 10.1. The van der Waals surface area contributed by atoms with Crippen LogP contribution < -0.4 is 5.73 Å². The predicted octanol–water partition coefficient (Wildman–Crippen LogP) is 2.94. The van der Waals surface area contributed by atoms with Gasteiger partial charge in [-0.25, -0.2) is 0 Å². The standard InChI is InChI=1S/C12H17NS/c1-8-3-4-9(2)12-10(8)7-14-6-5-11(12)13/h3-4,11H,5-7,13H2,1-2H3/t11-/m1/s1. The van der Waals surface area contributed by atoms with Crippen LogP contribution in [0.3, 0.4) is 0 Å². The second-order valence-electron chi connectivity index (χ2n) is 4.04. The summed E-state index contributed by atoms with van der Waals surface area (Å²) in [4.78, 5) is 0. The van der Waals surface area contributed by atoms with E-state index < -0.39 is 0 Å². The van der Waals surface area contributed by atoms with E-state index >= 15 is 0 Å². The summed E-state index contributed by atoms with van der Waals surface area (Å²) >= 11 is 2.01. The fourth-order valence-corrected chi connectivity index (χ4v) is 3.28. The molecule has 2 rings (SSSR count). The quantitative estimate of drug-likeness (QED) is 0.708. The van der Waals surface area contributed by atoms with Crippen LogP contribution in [0.5, 0.6) is 0 Å². The Morgan fingerprint density at radius 2 is 2.00 bits per heavy atom. The molecule has 76 valence electrons. The van der Waals surface area contributed by atoms with Crippen LogP contribution in [0, 0.1) is 13.8 Å². The fourth-order valence-electron chi connectivity index (χ4n) is 2.13. The van der Waals surface area contributed by atoms with E-state index in [1.54, 1.807) is 0 Å². The molecule has 0 radical (unpaired) electrons. The lowest BCUT2D eigenvalue weighted by Gasteiger charge is -2.17. The number of hydrogen-bond donors (Lipinski definition) is 1. The molecule has 0 spiro atoms. The molecule has 2 heteroatoms. The van der Waals surface area contributed by atoms with Gasteiger partial charge >= 0.3 is 0 Å². The molecule has 1 aliphatic rings. The van der Waals surface area contributed by atoms with Gasteiger partial charge in [0.05, 0.1) is 0 Å². The molecule has 1 aromatic carbocycles. The van der Waals surface area contributed by atoms with Gasteiger partial charge in [0, 0.05) is 11.8 Å². The van der Waals surface area contributed by atoms with E-state index in [2.05, 4.69) is 26.0 Å². The average molecular weight is 207 g/mol. The van der Waals surface area contributed by atoms with Gasteiger partial charge in [-0.05, 0) is 48.3 Å². The lowest BCUT2D eigenvalue weighted by molar-refractivity contribution is 0.699. The van der Waals surface area contributed by atoms with Gasteiger partial charge in [-0.15, -0.1) is 0 Å². The Labute approximate surface area is 90.1 Å². The fraction of sp³-hybridized carbons (Fsp3) is 0.500. The maximum Gasteiger partial charge on any atom is 0.0308 e. The van der Waals surface area contributed by atoms with Crippen molar-refractivity contribution in [2.24, 2.45) is 5.73 Å². The molecule has 1 heterocycles. The number of aryl methyl sites for hydroxylation is 2. The molecule has 1 atom stereocenters. The lowest BCUT2D eigenvalue weighted by Crippen LogP contribution is -2.13. The van der Waals surface area contributed by atoms with Crippen molar-refractivity contribution < 1.29 is 0 Å². The van der Waals surface area contributed by atoms with Crippen LogP contribution in [-0.2, 0) is 5.75 Å². The van der Waals surface area contributed by atoms with Crippen molar-refractivity contribution in [3.05, 3.63) is 34.4 Å². The molecule has 14 heavy (non-hydrogen) atoms. The molecular weight excluding hydrogens is 190 g/mol. The molecule has 1 aromatic rings. The molecule has 0 aromatic heterocycles. The minimum atomic E-state index is 0.250. The Hall–Kier alpha value is -0.470. The summed E-state index contributed by atoms with van der Waals surface area (Å²) in [6.45, 7) is 4.37. The van der Waals surface area contributed by atoms with Gasteiger partial charge < -0.3 is 5.73 Å². The van der Waals surface area contributed by atoms with Crippen LogP contribution >= 0.6 is 11.8 Å². The highest BCUT2D eigenvalue weighted by molar-refractivity contribution is 7.98. The van der Waals surface area contributed by atoms with Crippen molar-refractivity contribution in [2.45, 2.75) is 32.1 Å². The third-order valence-electron chi connectivity index (χ3n) is 3.00. The smallest absolute Gasteiger partial charge is 0.0308 e. The average Bonchev–Trinajstić information content (AvgIpc) is 2.35. The van der Waals surface area contributed by atoms with Gasteiger partial charge in [-0.1, -0.05) is 12.1 Å². The molecular formula is C12H17NS. The zero-order valence-electron chi connectivity index (χ0n) is 8.84. The zero-order valence-corrected chi connectivity index (χ0v) is 9.66. The second-order valence-corrected chi connectivity index (χ2v) is 5.14. The van der Waals surface area contributed by atoms with E-state index in [0.29, 0.717) is 0 Å². The summed E-state index contributed by atoms with van der Waals surface area (Å²) in [7, 11) is 0. The van der Waals surface area contributed by atoms with Crippen molar-refractivity contribution in [2.75, 3.05) is 5.75 Å². The third-order valence-corrected chi connectivity index (χ3v) is 4.02. The van der Waals surface area contributed by atoms with Gasteiger partial charge in [0.2, 0.25) is 0 Å². The summed E-state index contributed by atoms with van der Waals surface area (Å²) in [5.74, 6) is 2.32. The Morgan fingerprint density at radius 1 is 1.29 bits per heavy atom. The monoisotopic (exact) mass is 207 g/mol. The lowest BCUT2D eigenvalue weighted by atomic mass is 9.92. The van der Waals surface area contributed by atoms with Gasteiger partial charge in [-0.2, -0.15) is 11.8 Å². The SMILES string of the molecule is Cc1ccc(C)c2c1CSCC[C@H]2N. The predicted molar refractivity (Wildman–Crippen MR) is 63.6 cm³/mol. The molecule has 0 bridgehead atoms. The van der Waals surface area contributed by atoms with Crippen LogP contribution in [0.1, 0.15) is 34.7 Å². The molecule has 2 N–H and O–H groups in total. The molecule has 0 saturated heterocycles. The van der Waals surface area contributed by atoms with E-state index in [4.69, 9.17) is 5.73 Å². The molecule has 0 saturated carbocycles. The first-order valence-corrected chi connectivity index (χ1v) is 6.28. The van der Waals surface area contributed by atoms with Crippen LogP contribution in [0.4, 0.5) is 0 Å². The highest BCUT2D eigenvalue weighted by Crippen LogP contribution is 2.33. The number of thioether (sulfide) groups is 1. The molecule has 0 aliphatic carbocycles. The summed E-state index contributed by atoms with van der Waals surface area (Å²) in [5.41, 5.74) is 11.9. The number of hydrogen-bond acceptors (Lipinski definition) is 2. The first-order chi connectivity index (χ1) is 6.70. The van der Waals surface area contributed by atoms with Crippen LogP contribution in [0.2, 0.25) is 0 Å². The van der Waals surface area contributed by atoms with Crippen molar-refractivity contribution in [1.29, 1.82) is 0 Å². The van der Waals surface area contributed by atoms with Gasteiger partial charge in [0.1, 0.15) is 0 Å². The van der Waals surface area contributed by atoms with E-state index in [0.717, 1.165) is 12.2 Å². The van der Waals surface area contributed by atoms with E-state index in [1.807, 2.05) is 11.8 Å². The van der Waals surface area contributed by atoms with Crippen molar-refractivity contribution in [3.8, 4) is 0 Å². The normalized spacial score (nSPS) is 21.5. The van der Waals surface area contributed by atoms with Crippen molar-refractivity contribution in [3.63, 3.8) is 0 Å². The molecule has 0 unspecified atom stereocenters. The first-order valence-electron chi connectivity index (χ1n) is 5.12. The number of benzene rings is 1. The minimum Gasteiger partial charge on any atom is -0.324 e. The number of nitrogens with two attached hydrogens (primary N) is 1. The molecule has 1 aliphatic heterocycles. The summed E-state index contributed by atoms with van der Waals surface area (Å²) in [5, 5.41) is 0. The Kier molecular flexibility index (Phi) is 2.84. The Balaban J connectivity index is 2.57. The van der Waals surface area contributed by atoms with Crippen molar-refractivity contribution >= 4 is 11.8 Å². The van der Waals surface area contributed by atoms with Crippen molar-refractivity contribution in [1.82, 2.24) is 0 Å². The molecule has 0 fully saturated rings. The molecule has 0 amide bonds. The van der Waals surface area contributed by atoms with Crippen LogP contribution in [0.25, 0.3) is 0 Å². The maximum atomic E-state index is 6.20. The van der Waals surface area contributed by atoms with E-state index in [9.17, 15) is 0 Å². The summed E-state index contributed by atoms with van der Waals surface area (Å²) in [6.07, 6.45) is 1.11. The number of fused-ring (bicyclic) bond motifs is 1. The second kappa shape index (κ2) is 3.95. The summed E-state index contributed by atoms with van der Waals surface area (Å²) in [6, 6.07) is 4.66. The van der Waals surface area contributed by atoms with E-state index in [-0.39, 0.29) is 6.04 Å². The van der Waals surface area contributed by atoms with Crippen LogP contribution in [0.15, 0.2) is 12.1 Å². The van der Waals surface area contributed by atoms with Gasteiger partial charge in [-0.3, -0.25) is 0 Å². The van der Waals surface area contributed by atoms with E-state index in [1.165, 1.54) is 28.0 Å². The number of rotatable bonds is 0. The third kappa shape index (κ3) is 1.69. The Morgan fingerprint density at radius 3 is 2.79 bits per heavy atom. The Bertz CT molecular complexity index is 346. The topological polar surface area (TPSA) is 26.0 Å². The maximum absolute atomic E-state index is 6.20. The highest BCUT2D eigenvalue weighted by atomic mass is 32.2. The van der Waals surface area contributed by atoms with Crippen LogP contribution in [-0.4, -0.2) is 5.75 Å². The largest absolute Gasteiger partial charge is 0.324 e. The minimum absolute atomic E-state index is 0.250. The van der Waals surface area contributed by atoms with Gasteiger partial charge in [0.25, 0.3) is 0 Å². The highest BCUT2D eigenvalue weighted by Gasteiger charge is 2.18. The zero-order chi connectivity index (χ0) is 10.1.